The number of carbonyl (C=O) groups is 2. The van der Waals surface area contributed by atoms with Crippen molar-refractivity contribution in [1.82, 2.24) is 15.5 Å². The van der Waals surface area contributed by atoms with Gasteiger partial charge in [-0.25, -0.2) is 14.5 Å². The molecule has 2 aromatic carbocycles. The van der Waals surface area contributed by atoms with Crippen LogP contribution >= 0.6 is 0 Å². The van der Waals surface area contributed by atoms with Crippen LogP contribution in [0.1, 0.15) is 53.6 Å². The first-order valence-corrected chi connectivity index (χ1v) is 13.6. The largest absolute Gasteiger partial charge is 0.333 e. The first-order valence-electron chi connectivity index (χ1n) is 13.6. The molecule has 0 heterocycles. The van der Waals surface area contributed by atoms with Crippen LogP contribution in [0, 0.1) is 20.8 Å². The van der Waals surface area contributed by atoms with Crippen molar-refractivity contribution in [3.8, 4) is 0 Å². The lowest BCUT2D eigenvalue weighted by Gasteiger charge is -2.23. The van der Waals surface area contributed by atoms with E-state index in [9.17, 15) is 9.59 Å². The topological polar surface area (TPSA) is 86.2 Å². The number of amides is 4. The number of hydrogen-bond acceptors (Lipinski definition) is 4. The zero-order valence-electron chi connectivity index (χ0n) is 24.6. The number of imide groups is 1. The highest BCUT2D eigenvalue weighted by Gasteiger charge is 2.22. The number of rotatable bonds is 13. The molecule has 0 atom stereocenters. The fourth-order valence-corrected chi connectivity index (χ4v) is 4.03. The quantitative estimate of drug-likeness (QED) is 0.216. The van der Waals surface area contributed by atoms with E-state index in [1.807, 2.05) is 76.2 Å². The maximum Gasteiger partial charge on any atom is 0.326 e. The van der Waals surface area contributed by atoms with Crippen molar-refractivity contribution in [2.45, 2.75) is 60.7 Å². The maximum atomic E-state index is 13.4. The van der Waals surface area contributed by atoms with Gasteiger partial charge in [0, 0.05) is 13.1 Å². The molecule has 0 bridgehead atoms. The van der Waals surface area contributed by atoms with Gasteiger partial charge in [-0.05, 0) is 91.6 Å². The van der Waals surface area contributed by atoms with Crippen LogP contribution in [0.15, 0.2) is 82.3 Å². The second-order valence-corrected chi connectivity index (χ2v) is 9.70. The van der Waals surface area contributed by atoms with Crippen molar-refractivity contribution in [3.63, 3.8) is 0 Å². The van der Waals surface area contributed by atoms with Crippen LogP contribution < -0.4 is 10.6 Å². The average molecular weight is 542 g/mol. The van der Waals surface area contributed by atoms with Gasteiger partial charge in [-0.15, -0.1) is 0 Å². The Morgan fingerprint density at radius 1 is 0.975 bits per heavy atom. The molecule has 4 amide bonds. The third-order valence-corrected chi connectivity index (χ3v) is 6.64. The van der Waals surface area contributed by atoms with E-state index in [4.69, 9.17) is 0 Å². The van der Waals surface area contributed by atoms with Crippen LogP contribution in [-0.2, 0) is 19.6 Å². The number of urea groups is 2. The van der Waals surface area contributed by atoms with Gasteiger partial charge in [0.05, 0.1) is 19.6 Å². The van der Waals surface area contributed by atoms with Crippen LogP contribution in [0.2, 0.25) is 0 Å². The molecule has 0 radical (unpaired) electrons. The fraction of sp³-hybridized carbons (Fsp3) is 0.333. The van der Waals surface area contributed by atoms with Crippen molar-refractivity contribution >= 4 is 25.0 Å². The van der Waals surface area contributed by atoms with E-state index in [0.717, 1.165) is 50.9 Å². The Bertz CT molecular complexity index is 1290. The van der Waals surface area contributed by atoms with Crippen molar-refractivity contribution in [2.75, 3.05) is 13.1 Å². The van der Waals surface area contributed by atoms with E-state index < -0.39 is 12.1 Å². The number of nitrogens with one attached hydrogen (secondary N) is 2. The van der Waals surface area contributed by atoms with Crippen LogP contribution in [0.25, 0.3) is 0 Å². The lowest BCUT2D eigenvalue weighted by molar-refractivity contribution is 0.184. The summed E-state index contributed by atoms with van der Waals surface area (Å²) in [7, 11) is 0. The van der Waals surface area contributed by atoms with E-state index in [1.165, 1.54) is 4.90 Å². The standard InChI is InChI=1S/C33H43N5O2/c1-8-11-28(17-27(9-2)19-35-10-3)20-36-32(39)38(23-30-15-12-24(4)26(6)16-30)33(40)37-21-29-14-13-25(5)31(18-29)22-34-7/h8,10-18H,1,7,9,19-23H2,2-6H3,(H,36,39)(H,37,40)/b27-17+,28-11+,35-10?. The number of hydrogen-bond donors (Lipinski definition) is 2. The van der Waals surface area contributed by atoms with Gasteiger partial charge in [-0.3, -0.25) is 9.98 Å². The summed E-state index contributed by atoms with van der Waals surface area (Å²) in [6, 6.07) is 11.0. The second-order valence-electron chi connectivity index (χ2n) is 9.70. The Hall–Kier alpha value is -4.26. The van der Waals surface area contributed by atoms with Crippen molar-refractivity contribution in [2.24, 2.45) is 9.98 Å². The predicted molar refractivity (Wildman–Crippen MR) is 167 cm³/mol. The van der Waals surface area contributed by atoms with E-state index in [0.29, 0.717) is 13.1 Å². The van der Waals surface area contributed by atoms with E-state index in [1.54, 1.807) is 12.3 Å². The highest BCUT2D eigenvalue weighted by atomic mass is 16.2. The number of carbonyl (C=O) groups excluding carboxylic acids is 2. The molecule has 7 heteroatoms. The third kappa shape index (κ3) is 10.1. The lowest BCUT2D eigenvalue weighted by Crippen LogP contribution is -2.48. The molecule has 0 saturated heterocycles. The first kappa shape index (κ1) is 32.0. The van der Waals surface area contributed by atoms with Gasteiger partial charge in [0.1, 0.15) is 0 Å². The molecule has 2 aromatic rings. The highest BCUT2D eigenvalue weighted by Crippen LogP contribution is 2.15. The second kappa shape index (κ2) is 16.6. The minimum Gasteiger partial charge on any atom is -0.333 e. The summed E-state index contributed by atoms with van der Waals surface area (Å²) in [5, 5.41) is 5.83. The molecular weight excluding hydrogens is 498 g/mol. The number of allylic oxidation sites excluding steroid dienone is 2. The Morgan fingerprint density at radius 3 is 2.33 bits per heavy atom. The zero-order valence-corrected chi connectivity index (χ0v) is 24.6. The number of aryl methyl sites for hydroxylation is 3. The molecule has 7 nitrogen and oxygen atoms in total. The lowest BCUT2D eigenvalue weighted by atomic mass is 10.1. The highest BCUT2D eigenvalue weighted by molar-refractivity contribution is 5.93. The van der Waals surface area contributed by atoms with Crippen LogP contribution in [0.4, 0.5) is 9.59 Å². The van der Waals surface area contributed by atoms with Gasteiger partial charge in [0.15, 0.2) is 0 Å². The van der Waals surface area contributed by atoms with Gasteiger partial charge in [-0.2, -0.15) is 0 Å². The Kier molecular flexibility index (Phi) is 13.3. The van der Waals surface area contributed by atoms with Crippen LogP contribution in [-0.4, -0.2) is 43.0 Å². The molecule has 2 N–H and O–H groups in total. The van der Waals surface area contributed by atoms with E-state index in [-0.39, 0.29) is 19.6 Å². The third-order valence-electron chi connectivity index (χ3n) is 6.64. The smallest absolute Gasteiger partial charge is 0.326 e. The minimum absolute atomic E-state index is 0.139. The van der Waals surface area contributed by atoms with Gasteiger partial charge >= 0.3 is 12.1 Å². The van der Waals surface area contributed by atoms with Crippen LogP contribution in [0.5, 0.6) is 0 Å². The minimum atomic E-state index is -0.482. The van der Waals surface area contributed by atoms with Crippen molar-refractivity contribution < 1.29 is 9.59 Å². The molecule has 2 rings (SSSR count). The SMILES string of the molecule is C=C/C=C(\C=C(/CC)CN=CC)CNC(=O)N(Cc1ccc(C)c(C)c1)C(=O)NCc1ccc(C)c(CN=C)c1. The summed E-state index contributed by atoms with van der Waals surface area (Å²) >= 11 is 0. The summed E-state index contributed by atoms with van der Waals surface area (Å²) in [5.74, 6) is 0. The Labute approximate surface area is 239 Å². The summed E-state index contributed by atoms with van der Waals surface area (Å²) in [4.78, 5) is 36.3. The van der Waals surface area contributed by atoms with Crippen LogP contribution in [0.3, 0.4) is 0 Å². The van der Waals surface area contributed by atoms with Crippen molar-refractivity contribution in [1.29, 1.82) is 0 Å². The normalized spacial score (nSPS) is 11.8. The molecule has 0 unspecified atom stereocenters. The predicted octanol–water partition coefficient (Wildman–Crippen LogP) is 6.77. The van der Waals surface area contributed by atoms with Crippen molar-refractivity contribution in [3.05, 3.63) is 106 Å². The van der Waals surface area contributed by atoms with Gasteiger partial charge in [0.2, 0.25) is 0 Å². The summed E-state index contributed by atoms with van der Waals surface area (Å²) in [6.45, 7) is 19.2. The van der Waals surface area contributed by atoms with Gasteiger partial charge in [0.25, 0.3) is 0 Å². The molecule has 0 aliphatic heterocycles. The van der Waals surface area contributed by atoms with E-state index >= 15 is 0 Å². The number of benzene rings is 2. The maximum absolute atomic E-state index is 13.4. The molecule has 40 heavy (non-hydrogen) atoms. The molecule has 0 aromatic heterocycles. The number of nitrogens with zero attached hydrogens (tertiary/aromatic N) is 3. The Morgan fingerprint density at radius 2 is 1.68 bits per heavy atom. The molecule has 0 spiro atoms. The summed E-state index contributed by atoms with van der Waals surface area (Å²) in [6.07, 6.45) is 8.18. The van der Waals surface area contributed by atoms with Gasteiger partial charge < -0.3 is 10.6 Å². The van der Waals surface area contributed by atoms with E-state index in [2.05, 4.69) is 40.8 Å². The summed E-state index contributed by atoms with van der Waals surface area (Å²) < 4.78 is 0. The first-order chi connectivity index (χ1) is 19.2. The Balaban J connectivity index is 2.24. The van der Waals surface area contributed by atoms with Gasteiger partial charge in [-0.1, -0.05) is 68.1 Å². The zero-order chi connectivity index (χ0) is 29.5. The fourth-order valence-electron chi connectivity index (χ4n) is 4.03. The molecule has 0 saturated carbocycles. The summed E-state index contributed by atoms with van der Waals surface area (Å²) in [5.41, 5.74) is 8.22. The molecule has 0 aliphatic carbocycles. The average Bonchev–Trinajstić information content (AvgIpc) is 2.94. The molecule has 0 aliphatic rings. The number of aliphatic imine (C=N–C) groups is 2. The molecule has 0 fully saturated rings. The molecular formula is C33H43N5O2. The monoisotopic (exact) mass is 541 g/mol. The molecule has 212 valence electrons.